The van der Waals surface area contributed by atoms with Gasteiger partial charge in [0.1, 0.15) is 6.61 Å². The van der Waals surface area contributed by atoms with Crippen LogP contribution in [-0.2, 0) is 4.74 Å². The molecule has 6 heteroatoms. The molecule has 2 fully saturated rings. The SMILES string of the molecule is COCCOc1ccc(NC(=O)N2[C@H](C)C[C@@H]3CCCC[C@H]32)cn1. The molecule has 24 heavy (non-hydrogen) atoms. The first-order chi connectivity index (χ1) is 11.7. The lowest BCUT2D eigenvalue weighted by Gasteiger charge is -2.33. The minimum absolute atomic E-state index is 0.00764. The number of carbonyl (C=O) groups is 1. The van der Waals surface area contributed by atoms with Gasteiger partial charge in [-0.15, -0.1) is 0 Å². The fraction of sp³-hybridized carbons (Fsp3) is 0.667. The van der Waals surface area contributed by atoms with Crippen LogP contribution >= 0.6 is 0 Å². The van der Waals surface area contributed by atoms with Crippen molar-refractivity contribution in [1.29, 1.82) is 0 Å². The lowest BCUT2D eigenvalue weighted by molar-refractivity contribution is 0.144. The zero-order valence-electron chi connectivity index (χ0n) is 14.5. The van der Waals surface area contributed by atoms with Crippen LogP contribution in [0.3, 0.4) is 0 Å². The van der Waals surface area contributed by atoms with Crippen molar-refractivity contribution in [2.45, 2.75) is 51.1 Å². The molecule has 6 nitrogen and oxygen atoms in total. The van der Waals surface area contributed by atoms with Gasteiger partial charge in [-0.1, -0.05) is 12.8 Å². The zero-order chi connectivity index (χ0) is 16.9. The Labute approximate surface area is 143 Å². The first-order valence-electron chi connectivity index (χ1n) is 8.86. The Morgan fingerprint density at radius 3 is 2.92 bits per heavy atom. The van der Waals surface area contributed by atoms with E-state index in [0.29, 0.717) is 42.8 Å². The van der Waals surface area contributed by atoms with E-state index >= 15 is 0 Å². The zero-order valence-corrected chi connectivity index (χ0v) is 14.5. The summed E-state index contributed by atoms with van der Waals surface area (Å²) >= 11 is 0. The topological polar surface area (TPSA) is 63.7 Å². The van der Waals surface area contributed by atoms with E-state index < -0.39 is 0 Å². The van der Waals surface area contributed by atoms with Crippen LogP contribution in [0.4, 0.5) is 10.5 Å². The summed E-state index contributed by atoms with van der Waals surface area (Å²) in [6, 6.07) is 4.29. The molecular formula is C18H27N3O3. The molecule has 1 aromatic heterocycles. The third-order valence-corrected chi connectivity index (χ3v) is 5.10. The number of pyridine rings is 1. The van der Waals surface area contributed by atoms with Crippen LogP contribution < -0.4 is 10.1 Å². The minimum atomic E-state index is -0.00764. The van der Waals surface area contributed by atoms with E-state index in [4.69, 9.17) is 9.47 Å². The molecule has 0 radical (unpaired) electrons. The molecule has 2 heterocycles. The van der Waals surface area contributed by atoms with Gasteiger partial charge in [-0.25, -0.2) is 9.78 Å². The highest BCUT2D eigenvalue weighted by atomic mass is 16.5. The number of aromatic nitrogens is 1. The predicted molar refractivity (Wildman–Crippen MR) is 92.3 cm³/mol. The van der Waals surface area contributed by atoms with Gasteiger partial charge in [0.05, 0.1) is 18.5 Å². The number of urea groups is 1. The number of amides is 2. The van der Waals surface area contributed by atoms with Crippen molar-refractivity contribution in [3.63, 3.8) is 0 Å². The summed E-state index contributed by atoms with van der Waals surface area (Å²) in [6.45, 7) is 3.14. The summed E-state index contributed by atoms with van der Waals surface area (Å²) in [5.41, 5.74) is 0.700. The smallest absolute Gasteiger partial charge is 0.322 e. The average Bonchev–Trinajstić information content (AvgIpc) is 2.92. The quantitative estimate of drug-likeness (QED) is 0.840. The second kappa shape index (κ2) is 7.83. The Morgan fingerprint density at radius 2 is 2.17 bits per heavy atom. The Morgan fingerprint density at radius 1 is 1.33 bits per heavy atom. The van der Waals surface area contributed by atoms with E-state index in [2.05, 4.69) is 17.2 Å². The van der Waals surface area contributed by atoms with Crippen LogP contribution in [-0.4, -0.2) is 48.3 Å². The maximum Gasteiger partial charge on any atom is 0.322 e. The van der Waals surface area contributed by atoms with E-state index in [1.54, 1.807) is 19.4 Å². The second-order valence-electron chi connectivity index (χ2n) is 6.76. The number of methoxy groups -OCH3 is 1. The van der Waals surface area contributed by atoms with E-state index in [0.717, 1.165) is 12.8 Å². The lowest BCUT2D eigenvalue weighted by Crippen LogP contribution is -2.44. The van der Waals surface area contributed by atoms with Crippen LogP contribution in [0, 0.1) is 5.92 Å². The molecule has 3 rings (SSSR count). The predicted octanol–water partition coefficient (Wildman–Crippen LogP) is 3.29. The summed E-state index contributed by atoms with van der Waals surface area (Å²) in [7, 11) is 1.63. The molecule has 0 aromatic carbocycles. The highest BCUT2D eigenvalue weighted by Crippen LogP contribution is 2.39. The number of likely N-dealkylation sites (tertiary alicyclic amines) is 1. The van der Waals surface area contributed by atoms with Gasteiger partial charge in [-0.2, -0.15) is 0 Å². The van der Waals surface area contributed by atoms with Crippen LogP contribution in [0.15, 0.2) is 18.3 Å². The number of rotatable bonds is 5. The molecule has 1 aliphatic heterocycles. The molecule has 0 unspecified atom stereocenters. The molecule has 1 aliphatic carbocycles. The largest absolute Gasteiger partial charge is 0.475 e. The van der Waals surface area contributed by atoms with E-state index in [1.165, 1.54) is 19.3 Å². The van der Waals surface area contributed by atoms with Gasteiger partial charge in [-0.3, -0.25) is 0 Å². The van der Waals surface area contributed by atoms with Crippen LogP contribution in [0.2, 0.25) is 0 Å². The van der Waals surface area contributed by atoms with E-state index in [-0.39, 0.29) is 6.03 Å². The van der Waals surface area contributed by atoms with Gasteiger partial charge in [0.25, 0.3) is 0 Å². The van der Waals surface area contributed by atoms with Crippen molar-refractivity contribution in [2.75, 3.05) is 25.6 Å². The number of anilines is 1. The molecule has 1 saturated heterocycles. The lowest BCUT2D eigenvalue weighted by atomic mass is 9.85. The molecule has 0 spiro atoms. The van der Waals surface area contributed by atoms with Gasteiger partial charge < -0.3 is 19.7 Å². The monoisotopic (exact) mass is 333 g/mol. The summed E-state index contributed by atoms with van der Waals surface area (Å²) in [6.07, 6.45) is 7.69. The fourth-order valence-electron chi connectivity index (χ4n) is 4.02. The molecule has 1 N–H and O–H groups in total. The number of nitrogens with zero attached hydrogens (tertiary/aromatic N) is 2. The molecule has 1 saturated carbocycles. The van der Waals surface area contributed by atoms with Gasteiger partial charge >= 0.3 is 6.03 Å². The van der Waals surface area contributed by atoms with Gasteiger partial charge in [0.15, 0.2) is 0 Å². The molecule has 3 atom stereocenters. The summed E-state index contributed by atoms with van der Waals surface area (Å²) < 4.78 is 10.4. The first-order valence-corrected chi connectivity index (χ1v) is 8.86. The molecule has 2 aliphatic rings. The maximum atomic E-state index is 12.7. The van der Waals surface area contributed by atoms with Crippen LogP contribution in [0.5, 0.6) is 5.88 Å². The minimum Gasteiger partial charge on any atom is -0.475 e. The Bertz CT molecular complexity index is 549. The van der Waals surface area contributed by atoms with Gasteiger partial charge in [0.2, 0.25) is 5.88 Å². The third kappa shape index (κ3) is 3.80. The summed E-state index contributed by atoms with van der Waals surface area (Å²) in [5.74, 6) is 1.21. The third-order valence-electron chi connectivity index (χ3n) is 5.10. The van der Waals surface area contributed by atoms with Crippen LogP contribution in [0.1, 0.15) is 39.0 Å². The van der Waals surface area contributed by atoms with Crippen molar-refractivity contribution in [3.05, 3.63) is 18.3 Å². The number of carbonyl (C=O) groups excluding carboxylic acids is 1. The van der Waals surface area contributed by atoms with Crippen molar-refractivity contribution in [1.82, 2.24) is 9.88 Å². The highest BCUT2D eigenvalue weighted by Gasteiger charge is 2.42. The molecule has 1 aromatic rings. The van der Waals surface area contributed by atoms with Crippen molar-refractivity contribution in [3.8, 4) is 5.88 Å². The first kappa shape index (κ1) is 17.0. The second-order valence-corrected chi connectivity index (χ2v) is 6.76. The van der Waals surface area contributed by atoms with Gasteiger partial charge in [-0.05, 0) is 38.2 Å². The average molecular weight is 333 g/mol. The molecule has 0 bridgehead atoms. The van der Waals surface area contributed by atoms with Crippen LogP contribution in [0.25, 0.3) is 0 Å². The number of hydrogen-bond acceptors (Lipinski definition) is 4. The Balaban J connectivity index is 1.58. The Hall–Kier alpha value is -1.82. The Kier molecular flexibility index (Phi) is 5.56. The van der Waals surface area contributed by atoms with E-state index in [1.807, 2.05) is 11.0 Å². The van der Waals surface area contributed by atoms with Crippen molar-refractivity contribution < 1.29 is 14.3 Å². The summed E-state index contributed by atoms with van der Waals surface area (Å²) in [4.78, 5) is 19.0. The number of nitrogens with one attached hydrogen (secondary N) is 1. The number of fused-ring (bicyclic) bond motifs is 1. The molecular weight excluding hydrogens is 306 g/mol. The van der Waals surface area contributed by atoms with Crippen molar-refractivity contribution in [2.24, 2.45) is 5.92 Å². The van der Waals surface area contributed by atoms with E-state index in [9.17, 15) is 4.79 Å². The molecule has 2 amide bonds. The number of ether oxygens (including phenoxy) is 2. The standard InChI is InChI=1S/C18H27N3O3/c1-13-11-14-5-3-4-6-16(14)21(13)18(22)20-15-7-8-17(19-12-15)24-10-9-23-2/h7-8,12-14,16H,3-6,9-11H2,1-2H3,(H,20,22)/t13-,14+,16-/m1/s1. The highest BCUT2D eigenvalue weighted by molar-refractivity contribution is 5.89. The molecule has 132 valence electrons. The fourth-order valence-corrected chi connectivity index (χ4v) is 4.02. The number of hydrogen-bond donors (Lipinski definition) is 1. The van der Waals surface area contributed by atoms with Gasteiger partial charge in [0, 0.05) is 25.3 Å². The van der Waals surface area contributed by atoms with Crippen molar-refractivity contribution >= 4 is 11.7 Å². The maximum absolute atomic E-state index is 12.7. The normalized spacial score (nSPS) is 26.1. The summed E-state index contributed by atoms with van der Waals surface area (Å²) in [5, 5.41) is 2.99.